The molecule has 2 aliphatic rings. The molecule has 24 heavy (non-hydrogen) atoms. The van der Waals surface area contributed by atoms with E-state index in [4.69, 9.17) is 4.74 Å². The van der Waals surface area contributed by atoms with Crippen LogP contribution in [0.3, 0.4) is 0 Å². The van der Waals surface area contributed by atoms with Gasteiger partial charge in [-0.05, 0) is 38.2 Å². The molecule has 132 valence electrons. The summed E-state index contributed by atoms with van der Waals surface area (Å²) in [5.41, 5.74) is 1.23. The highest BCUT2D eigenvalue weighted by Gasteiger charge is 2.30. The summed E-state index contributed by atoms with van der Waals surface area (Å²) in [4.78, 5) is 26.4. The number of hydrogen-bond donors (Lipinski definition) is 2. The molecule has 3 rings (SSSR count). The molecule has 0 bridgehead atoms. The fourth-order valence-corrected chi connectivity index (χ4v) is 3.71. The zero-order chi connectivity index (χ0) is 16.9. The lowest BCUT2D eigenvalue weighted by Gasteiger charge is -2.34. The maximum absolute atomic E-state index is 12.3. The van der Waals surface area contributed by atoms with E-state index < -0.39 is 0 Å². The van der Waals surface area contributed by atoms with Crippen LogP contribution in [-0.4, -0.2) is 53.2 Å². The summed E-state index contributed by atoms with van der Waals surface area (Å²) in [5, 5.41) is 10.2. The fourth-order valence-electron chi connectivity index (χ4n) is 3.71. The van der Waals surface area contributed by atoms with Crippen LogP contribution < -0.4 is 5.32 Å². The molecule has 1 saturated heterocycles. The average Bonchev–Trinajstić information content (AvgIpc) is 3.26. The third-order valence-corrected chi connectivity index (χ3v) is 4.97. The molecular formula is C17H26N4O3. The van der Waals surface area contributed by atoms with Crippen LogP contribution in [-0.2, 0) is 9.53 Å². The van der Waals surface area contributed by atoms with E-state index in [0.717, 1.165) is 44.3 Å². The SMILES string of the molecule is COCC(=O)N1CCCCC1c1cc(C(=O)NC2CCCC2)n[nH]1. The monoisotopic (exact) mass is 334 g/mol. The lowest BCUT2D eigenvalue weighted by Crippen LogP contribution is -2.40. The summed E-state index contributed by atoms with van der Waals surface area (Å²) in [7, 11) is 1.53. The number of nitrogens with zero attached hydrogens (tertiary/aromatic N) is 2. The Morgan fingerprint density at radius 3 is 2.79 bits per heavy atom. The van der Waals surface area contributed by atoms with Gasteiger partial charge in [0.15, 0.2) is 0 Å². The molecule has 7 nitrogen and oxygen atoms in total. The number of aromatic nitrogens is 2. The van der Waals surface area contributed by atoms with Gasteiger partial charge in [0.1, 0.15) is 12.3 Å². The van der Waals surface area contributed by atoms with Crippen molar-refractivity contribution in [3.63, 3.8) is 0 Å². The van der Waals surface area contributed by atoms with Gasteiger partial charge in [0.25, 0.3) is 5.91 Å². The molecule has 1 aliphatic carbocycles. The van der Waals surface area contributed by atoms with Crippen molar-refractivity contribution in [3.05, 3.63) is 17.5 Å². The van der Waals surface area contributed by atoms with Gasteiger partial charge in [-0.1, -0.05) is 12.8 Å². The molecule has 0 aromatic carbocycles. The Bertz CT molecular complexity index is 580. The predicted octanol–water partition coefficient (Wildman–Crippen LogP) is 1.78. The van der Waals surface area contributed by atoms with E-state index in [1.807, 2.05) is 4.90 Å². The Labute approximate surface area is 142 Å². The standard InChI is InChI=1S/C17H26N4O3/c1-24-11-16(22)21-9-5-4-8-15(21)13-10-14(20-19-13)17(23)18-12-6-2-3-7-12/h10,12,15H,2-9,11H2,1H3,(H,18,23)(H,19,20). The minimum absolute atomic E-state index is 0.0197. The van der Waals surface area contributed by atoms with E-state index in [-0.39, 0.29) is 30.5 Å². The number of amides is 2. The van der Waals surface area contributed by atoms with Crippen LogP contribution in [0.4, 0.5) is 0 Å². The molecule has 1 unspecified atom stereocenters. The molecule has 1 saturated carbocycles. The predicted molar refractivity (Wildman–Crippen MR) is 88.5 cm³/mol. The molecular weight excluding hydrogens is 308 g/mol. The Morgan fingerprint density at radius 2 is 2.04 bits per heavy atom. The Kier molecular flexibility index (Phi) is 5.50. The number of ether oxygens (including phenoxy) is 1. The average molecular weight is 334 g/mol. The first kappa shape index (κ1) is 17.0. The first-order chi connectivity index (χ1) is 11.7. The molecule has 7 heteroatoms. The van der Waals surface area contributed by atoms with E-state index in [1.165, 1.54) is 20.0 Å². The highest BCUT2D eigenvalue weighted by molar-refractivity contribution is 5.92. The lowest BCUT2D eigenvalue weighted by atomic mass is 9.99. The number of likely N-dealkylation sites (tertiary alicyclic amines) is 1. The summed E-state index contributed by atoms with van der Waals surface area (Å²) in [6.45, 7) is 0.801. The van der Waals surface area contributed by atoms with Gasteiger partial charge in [-0.2, -0.15) is 5.10 Å². The molecule has 2 N–H and O–H groups in total. The lowest BCUT2D eigenvalue weighted by molar-refractivity contribution is -0.139. The maximum Gasteiger partial charge on any atom is 0.271 e. The number of piperidine rings is 1. The molecule has 2 heterocycles. The number of methoxy groups -OCH3 is 1. The minimum atomic E-state index is -0.130. The number of hydrogen-bond acceptors (Lipinski definition) is 4. The summed E-state index contributed by atoms with van der Waals surface area (Å²) in [5.74, 6) is -0.149. The van der Waals surface area contributed by atoms with Gasteiger partial charge in [0.05, 0.1) is 11.7 Å². The molecule has 1 aromatic rings. The van der Waals surface area contributed by atoms with Gasteiger partial charge in [0.2, 0.25) is 5.91 Å². The second-order valence-electron chi connectivity index (χ2n) is 6.70. The number of rotatable bonds is 5. The first-order valence-corrected chi connectivity index (χ1v) is 8.83. The van der Waals surface area contributed by atoms with Crippen molar-refractivity contribution < 1.29 is 14.3 Å². The van der Waals surface area contributed by atoms with Crippen LogP contribution in [0.15, 0.2) is 6.07 Å². The zero-order valence-electron chi connectivity index (χ0n) is 14.2. The Morgan fingerprint density at radius 1 is 1.29 bits per heavy atom. The quantitative estimate of drug-likeness (QED) is 0.859. The summed E-state index contributed by atoms with van der Waals surface area (Å²) in [6, 6.07) is 2.00. The Balaban J connectivity index is 1.68. The van der Waals surface area contributed by atoms with Gasteiger partial charge in [-0.3, -0.25) is 14.7 Å². The van der Waals surface area contributed by atoms with E-state index in [0.29, 0.717) is 5.69 Å². The van der Waals surface area contributed by atoms with Gasteiger partial charge in [-0.15, -0.1) is 0 Å². The zero-order valence-corrected chi connectivity index (χ0v) is 14.2. The van der Waals surface area contributed by atoms with Crippen LogP contribution >= 0.6 is 0 Å². The molecule has 1 atom stereocenters. The van der Waals surface area contributed by atoms with E-state index in [1.54, 1.807) is 6.07 Å². The largest absolute Gasteiger partial charge is 0.375 e. The highest BCUT2D eigenvalue weighted by atomic mass is 16.5. The number of nitrogens with one attached hydrogen (secondary N) is 2. The molecule has 0 spiro atoms. The van der Waals surface area contributed by atoms with Gasteiger partial charge in [0, 0.05) is 19.7 Å². The molecule has 1 aliphatic heterocycles. The minimum Gasteiger partial charge on any atom is -0.375 e. The van der Waals surface area contributed by atoms with Crippen molar-refractivity contribution in [2.45, 2.75) is 57.0 Å². The Hall–Kier alpha value is -1.89. The van der Waals surface area contributed by atoms with E-state index in [9.17, 15) is 9.59 Å². The normalized spacial score (nSPS) is 21.9. The van der Waals surface area contributed by atoms with Crippen molar-refractivity contribution in [2.75, 3.05) is 20.3 Å². The van der Waals surface area contributed by atoms with Crippen LogP contribution in [0.1, 0.15) is 67.2 Å². The summed E-state index contributed by atoms with van der Waals surface area (Å²) < 4.78 is 4.98. The third-order valence-electron chi connectivity index (χ3n) is 4.97. The van der Waals surface area contributed by atoms with E-state index >= 15 is 0 Å². The first-order valence-electron chi connectivity index (χ1n) is 8.83. The van der Waals surface area contributed by atoms with Gasteiger partial charge in [-0.25, -0.2) is 0 Å². The number of H-pyrrole nitrogens is 1. The van der Waals surface area contributed by atoms with Gasteiger partial charge >= 0.3 is 0 Å². The third kappa shape index (κ3) is 3.77. The van der Waals surface area contributed by atoms with Crippen molar-refractivity contribution >= 4 is 11.8 Å². The molecule has 2 fully saturated rings. The maximum atomic E-state index is 12.3. The van der Waals surface area contributed by atoms with E-state index in [2.05, 4.69) is 15.5 Å². The van der Waals surface area contributed by atoms with Crippen molar-refractivity contribution in [3.8, 4) is 0 Å². The van der Waals surface area contributed by atoms with Crippen LogP contribution in [0.5, 0.6) is 0 Å². The molecule has 0 radical (unpaired) electrons. The molecule has 1 aromatic heterocycles. The second kappa shape index (κ2) is 7.79. The van der Waals surface area contributed by atoms with Crippen molar-refractivity contribution in [1.29, 1.82) is 0 Å². The number of carbonyl (C=O) groups excluding carboxylic acids is 2. The number of aromatic amines is 1. The summed E-state index contributed by atoms with van der Waals surface area (Å²) in [6.07, 6.45) is 7.38. The van der Waals surface area contributed by atoms with Crippen molar-refractivity contribution in [2.24, 2.45) is 0 Å². The van der Waals surface area contributed by atoms with Crippen LogP contribution in [0.25, 0.3) is 0 Å². The van der Waals surface area contributed by atoms with Crippen LogP contribution in [0, 0.1) is 0 Å². The second-order valence-corrected chi connectivity index (χ2v) is 6.70. The number of carbonyl (C=O) groups is 2. The topological polar surface area (TPSA) is 87.3 Å². The van der Waals surface area contributed by atoms with Crippen molar-refractivity contribution in [1.82, 2.24) is 20.4 Å². The summed E-state index contributed by atoms with van der Waals surface area (Å²) >= 11 is 0. The highest BCUT2D eigenvalue weighted by Crippen LogP contribution is 2.30. The smallest absolute Gasteiger partial charge is 0.271 e. The molecule has 2 amide bonds. The van der Waals surface area contributed by atoms with Gasteiger partial charge < -0.3 is 15.0 Å². The van der Waals surface area contributed by atoms with Crippen LogP contribution in [0.2, 0.25) is 0 Å². The fraction of sp³-hybridized carbons (Fsp3) is 0.706.